The van der Waals surface area contributed by atoms with E-state index < -0.39 is 0 Å². The van der Waals surface area contributed by atoms with Crippen LogP contribution in [-0.2, 0) is 0 Å². The number of benzene rings is 1. The summed E-state index contributed by atoms with van der Waals surface area (Å²) < 4.78 is 10.9. The predicted molar refractivity (Wildman–Crippen MR) is 87.4 cm³/mol. The largest absolute Gasteiger partial charge is 0.497 e. The molecule has 1 aliphatic carbocycles. The van der Waals surface area contributed by atoms with Crippen molar-refractivity contribution in [1.82, 2.24) is 5.32 Å². The summed E-state index contributed by atoms with van der Waals surface area (Å²) in [7, 11) is 3.44. The van der Waals surface area contributed by atoms with Crippen molar-refractivity contribution in [3.05, 3.63) is 23.8 Å². The van der Waals surface area contributed by atoms with Gasteiger partial charge in [-0.3, -0.25) is 0 Å². The van der Waals surface area contributed by atoms with Crippen LogP contribution in [0.1, 0.15) is 51.5 Å². The molecule has 0 spiro atoms. The molecule has 1 aromatic rings. The van der Waals surface area contributed by atoms with Crippen LogP contribution in [0, 0.1) is 5.41 Å². The molecule has 3 nitrogen and oxygen atoms in total. The fourth-order valence-corrected chi connectivity index (χ4v) is 3.57. The number of nitrogens with one attached hydrogen (secondary N) is 1. The van der Waals surface area contributed by atoms with Crippen molar-refractivity contribution in [2.75, 3.05) is 20.8 Å². The van der Waals surface area contributed by atoms with Gasteiger partial charge in [-0.2, -0.15) is 0 Å². The van der Waals surface area contributed by atoms with Crippen molar-refractivity contribution in [1.29, 1.82) is 0 Å². The summed E-state index contributed by atoms with van der Waals surface area (Å²) in [4.78, 5) is 0. The molecule has 3 atom stereocenters. The highest BCUT2D eigenvalue weighted by Crippen LogP contribution is 2.56. The van der Waals surface area contributed by atoms with Crippen LogP contribution in [0.3, 0.4) is 0 Å². The molecule has 1 aromatic carbocycles. The Balaban J connectivity index is 2.22. The van der Waals surface area contributed by atoms with Gasteiger partial charge >= 0.3 is 0 Å². The third kappa shape index (κ3) is 2.89. The van der Waals surface area contributed by atoms with Gasteiger partial charge in [0.15, 0.2) is 0 Å². The maximum absolute atomic E-state index is 5.60. The van der Waals surface area contributed by atoms with Crippen LogP contribution in [0.25, 0.3) is 0 Å². The van der Waals surface area contributed by atoms with Crippen LogP contribution in [0.2, 0.25) is 0 Å². The average molecular weight is 291 g/mol. The highest BCUT2D eigenvalue weighted by atomic mass is 16.5. The van der Waals surface area contributed by atoms with Crippen LogP contribution in [0.5, 0.6) is 11.5 Å². The van der Waals surface area contributed by atoms with Gasteiger partial charge in [-0.25, -0.2) is 0 Å². The fraction of sp³-hybridized carbons (Fsp3) is 0.667. The highest BCUT2D eigenvalue weighted by molar-refractivity contribution is 5.45. The molecule has 0 amide bonds. The van der Waals surface area contributed by atoms with E-state index in [0.29, 0.717) is 17.4 Å². The van der Waals surface area contributed by atoms with Crippen molar-refractivity contribution < 1.29 is 9.47 Å². The maximum atomic E-state index is 5.60. The van der Waals surface area contributed by atoms with Crippen LogP contribution in [-0.4, -0.2) is 26.8 Å². The van der Waals surface area contributed by atoms with Crippen molar-refractivity contribution in [3.63, 3.8) is 0 Å². The summed E-state index contributed by atoms with van der Waals surface area (Å²) in [6, 6.07) is 6.82. The van der Waals surface area contributed by atoms with Crippen LogP contribution in [0.15, 0.2) is 18.2 Å². The quantitative estimate of drug-likeness (QED) is 0.824. The van der Waals surface area contributed by atoms with E-state index in [0.717, 1.165) is 18.0 Å². The van der Waals surface area contributed by atoms with Gasteiger partial charge in [-0.05, 0) is 48.8 Å². The van der Waals surface area contributed by atoms with Gasteiger partial charge in [0.2, 0.25) is 0 Å². The summed E-state index contributed by atoms with van der Waals surface area (Å²) in [5.74, 6) is 2.36. The topological polar surface area (TPSA) is 30.5 Å². The van der Waals surface area contributed by atoms with Crippen LogP contribution < -0.4 is 14.8 Å². The Kier molecular flexibility index (Phi) is 5.15. The second-order valence-electron chi connectivity index (χ2n) is 6.26. The summed E-state index contributed by atoms with van der Waals surface area (Å²) in [6.07, 6.45) is 3.55. The van der Waals surface area contributed by atoms with E-state index in [1.807, 2.05) is 12.1 Å². The second-order valence-corrected chi connectivity index (χ2v) is 6.26. The molecule has 0 radical (unpaired) electrons. The van der Waals surface area contributed by atoms with E-state index in [-0.39, 0.29) is 0 Å². The standard InChI is InChI=1S/C18H29NO2/c1-6-10-19-17-12-15(18(17,3)7-2)14-9-8-13(20-4)11-16(14)21-5/h8-9,11,15,17,19H,6-7,10,12H2,1-5H3. The van der Waals surface area contributed by atoms with Gasteiger partial charge < -0.3 is 14.8 Å². The molecular weight excluding hydrogens is 262 g/mol. The van der Waals surface area contributed by atoms with Crippen molar-refractivity contribution in [2.45, 2.75) is 52.0 Å². The summed E-state index contributed by atoms with van der Waals surface area (Å²) >= 11 is 0. The first-order valence-electron chi connectivity index (χ1n) is 8.06. The molecule has 21 heavy (non-hydrogen) atoms. The Hall–Kier alpha value is -1.22. The first-order valence-corrected chi connectivity index (χ1v) is 8.06. The molecule has 2 rings (SSSR count). The zero-order valence-corrected chi connectivity index (χ0v) is 14.0. The van der Waals surface area contributed by atoms with Crippen molar-refractivity contribution in [2.24, 2.45) is 5.41 Å². The van der Waals surface area contributed by atoms with E-state index >= 15 is 0 Å². The lowest BCUT2D eigenvalue weighted by molar-refractivity contribution is 0.0431. The van der Waals surface area contributed by atoms with Crippen molar-refractivity contribution >= 4 is 0 Å². The molecule has 0 aromatic heterocycles. The Morgan fingerprint density at radius 2 is 2.00 bits per heavy atom. The van der Waals surface area contributed by atoms with Gasteiger partial charge in [0.05, 0.1) is 14.2 Å². The third-order valence-electron chi connectivity index (χ3n) is 5.28. The number of ether oxygens (including phenoxy) is 2. The van der Waals surface area contributed by atoms with Crippen LogP contribution in [0.4, 0.5) is 0 Å². The molecule has 3 unspecified atom stereocenters. The molecule has 118 valence electrons. The summed E-state index contributed by atoms with van der Waals surface area (Å²) in [6.45, 7) is 8.02. The average Bonchev–Trinajstić information content (AvgIpc) is 2.53. The number of rotatable bonds is 7. The lowest BCUT2D eigenvalue weighted by Gasteiger charge is -2.55. The Morgan fingerprint density at radius 1 is 1.24 bits per heavy atom. The van der Waals surface area contributed by atoms with E-state index in [1.54, 1.807) is 14.2 Å². The molecule has 0 aliphatic heterocycles. The first kappa shape index (κ1) is 16.2. The van der Waals surface area contributed by atoms with E-state index in [1.165, 1.54) is 24.8 Å². The van der Waals surface area contributed by atoms with E-state index in [9.17, 15) is 0 Å². The van der Waals surface area contributed by atoms with Gasteiger partial charge in [0, 0.05) is 12.1 Å². The lowest BCUT2D eigenvalue weighted by atomic mass is 9.54. The minimum absolute atomic E-state index is 0.303. The Bertz CT molecular complexity index is 474. The molecule has 1 saturated carbocycles. The van der Waals surface area contributed by atoms with Gasteiger partial charge in [-0.1, -0.05) is 26.8 Å². The molecule has 0 saturated heterocycles. The molecule has 0 heterocycles. The predicted octanol–water partition coefficient (Wildman–Crippen LogP) is 3.98. The van der Waals surface area contributed by atoms with E-state index in [4.69, 9.17) is 9.47 Å². The van der Waals surface area contributed by atoms with Crippen LogP contribution >= 0.6 is 0 Å². The highest BCUT2D eigenvalue weighted by Gasteiger charge is 2.51. The number of methoxy groups -OCH3 is 2. The number of hydrogen-bond donors (Lipinski definition) is 1. The summed E-state index contributed by atoms with van der Waals surface area (Å²) in [5, 5.41) is 3.70. The fourth-order valence-electron chi connectivity index (χ4n) is 3.57. The van der Waals surface area contributed by atoms with E-state index in [2.05, 4.69) is 32.2 Å². The van der Waals surface area contributed by atoms with Gasteiger partial charge in [0.25, 0.3) is 0 Å². The molecular formula is C18H29NO2. The first-order chi connectivity index (χ1) is 10.1. The maximum Gasteiger partial charge on any atom is 0.126 e. The SMILES string of the molecule is CCCNC1CC(c2ccc(OC)cc2OC)C1(C)CC. The number of hydrogen-bond acceptors (Lipinski definition) is 3. The molecule has 1 N–H and O–H groups in total. The molecule has 0 bridgehead atoms. The third-order valence-corrected chi connectivity index (χ3v) is 5.28. The monoisotopic (exact) mass is 291 g/mol. The van der Waals surface area contributed by atoms with Gasteiger partial charge in [0.1, 0.15) is 11.5 Å². The zero-order valence-electron chi connectivity index (χ0n) is 14.0. The lowest BCUT2D eigenvalue weighted by Crippen LogP contribution is -2.56. The molecule has 1 aliphatic rings. The second kappa shape index (κ2) is 6.69. The minimum atomic E-state index is 0.303. The molecule has 1 fully saturated rings. The molecule has 3 heteroatoms. The minimum Gasteiger partial charge on any atom is -0.497 e. The summed E-state index contributed by atoms with van der Waals surface area (Å²) in [5.41, 5.74) is 1.62. The zero-order chi connectivity index (χ0) is 15.5. The Labute approximate surface area is 129 Å². The smallest absolute Gasteiger partial charge is 0.126 e. The Morgan fingerprint density at radius 3 is 2.57 bits per heavy atom. The normalized spacial score (nSPS) is 28.0. The van der Waals surface area contributed by atoms with Crippen molar-refractivity contribution in [3.8, 4) is 11.5 Å². The van der Waals surface area contributed by atoms with Gasteiger partial charge in [-0.15, -0.1) is 0 Å².